The molecule has 21 heavy (non-hydrogen) atoms. The largest absolute Gasteiger partial charge is 0.366 e. The van der Waals surface area contributed by atoms with Gasteiger partial charge in [-0.25, -0.2) is 13.2 Å². The van der Waals surface area contributed by atoms with Gasteiger partial charge in [-0.05, 0) is 31.5 Å². The van der Waals surface area contributed by atoms with E-state index in [1.807, 2.05) is 0 Å². The van der Waals surface area contributed by atoms with Gasteiger partial charge in [-0.2, -0.15) is 0 Å². The molecule has 0 spiro atoms. The first kappa shape index (κ1) is 13.9. The summed E-state index contributed by atoms with van der Waals surface area (Å²) >= 11 is 0. The smallest absolute Gasteiger partial charge is 0.326 e. The Bertz CT molecular complexity index is 909. The second-order valence-corrected chi connectivity index (χ2v) is 7.88. The maximum Gasteiger partial charge on any atom is 0.326 e. The van der Waals surface area contributed by atoms with Gasteiger partial charge in [-0.3, -0.25) is 9.36 Å². The van der Waals surface area contributed by atoms with Crippen molar-refractivity contribution < 1.29 is 13.2 Å². The molecule has 1 unspecified atom stereocenters. The van der Waals surface area contributed by atoms with E-state index in [1.54, 1.807) is 13.0 Å². The van der Waals surface area contributed by atoms with Crippen molar-refractivity contribution in [3.63, 3.8) is 0 Å². The zero-order chi connectivity index (χ0) is 15.4. The molecule has 3 N–H and O–H groups in total. The number of aromatic nitrogens is 2. The molecule has 1 amide bonds. The number of imidazole rings is 1. The van der Waals surface area contributed by atoms with Crippen LogP contribution in [0.4, 0.5) is 0 Å². The maximum absolute atomic E-state index is 12.2. The molecule has 1 atom stereocenters. The average molecular weight is 309 g/mol. The molecule has 1 saturated heterocycles. The fourth-order valence-corrected chi connectivity index (χ4v) is 5.09. The molecule has 2 aromatic rings. The summed E-state index contributed by atoms with van der Waals surface area (Å²) in [6, 6.07) is 4.65. The molecular weight excluding hydrogens is 294 g/mol. The molecule has 7 nitrogen and oxygen atoms in total. The highest BCUT2D eigenvalue weighted by Gasteiger charge is 2.41. The number of aromatic amines is 1. The Labute approximate surface area is 120 Å². The van der Waals surface area contributed by atoms with E-state index >= 15 is 0 Å². The molecule has 0 aliphatic carbocycles. The Kier molecular flexibility index (Phi) is 2.78. The monoisotopic (exact) mass is 309 g/mol. The van der Waals surface area contributed by atoms with E-state index < -0.39 is 21.3 Å². The summed E-state index contributed by atoms with van der Waals surface area (Å²) in [4.78, 5) is 26.1. The fourth-order valence-electron chi connectivity index (χ4n) is 2.97. The molecule has 1 fully saturated rings. The number of amides is 1. The summed E-state index contributed by atoms with van der Waals surface area (Å²) in [5, 5.41) is 0. The summed E-state index contributed by atoms with van der Waals surface area (Å²) in [5.74, 6) is -0.577. The number of nitrogens with two attached hydrogens (primary N) is 1. The Morgan fingerprint density at radius 1 is 1.43 bits per heavy atom. The molecule has 8 heteroatoms. The van der Waals surface area contributed by atoms with Crippen LogP contribution in [0, 0.1) is 0 Å². The third-order valence-electron chi connectivity index (χ3n) is 3.99. The lowest BCUT2D eigenvalue weighted by atomic mass is 10.0. The first-order valence-electron chi connectivity index (χ1n) is 6.47. The Balaban J connectivity index is 2.22. The Morgan fingerprint density at radius 2 is 2.14 bits per heavy atom. The van der Waals surface area contributed by atoms with E-state index in [4.69, 9.17) is 5.73 Å². The normalized spacial score (nSPS) is 24.4. The minimum absolute atomic E-state index is 0.0650. The van der Waals surface area contributed by atoms with Crippen LogP contribution in [0.3, 0.4) is 0 Å². The first-order chi connectivity index (χ1) is 9.72. The number of nitrogens with one attached hydrogen (secondary N) is 1. The molecule has 3 rings (SSSR count). The average Bonchev–Trinajstić information content (AvgIpc) is 2.84. The molecule has 2 heterocycles. The third kappa shape index (κ3) is 2.15. The standard InChI is InChI=1S/C13H15N3O4S/c1-13(4-5-21(19,20)7-13)16-10-3-2-8(11(14)17)6-9(10)15-12(16)18/h2-3,6H,4-5,7H2,1H3,(H2,14,17)(H,15,18). The van der Waals surface area contributed by atoms with Crippen molar-refractivity contribution >= 4 is 26.8 Å². The van der Waals surface area contributed by atoms with Gasteiger partial charge in [0.05, 0.1) is 28.1 Å². The molecule has 0 saturated carbocycles. The molecule has 1 aromatic carbocycles. The number of hydrogen-bond donors (Lipinski definition) is 2. The Hall–Kier alpha value is -2.09. The number of nitrogens with zero attached hydrogens (tertiary/aromatic N) is 1. The van der Waals surface area contributed by atoms with E-state index in [9.17, 15) is 18.0 Å². The molecule has 1 aromatic heterocycles. The van der Waals surface area contributed by atoms with E-state index in [2.05, 4.69) is 4.98 Å². The van der Waals surface area contributed by atoms with E-state index in [0.29, 0.717) is 23.0 Å². The third-order valence-corrected chi connectivity index (χ3v) is 5.88. The van der Waals surface area contributed by atoms with Crippen LogP contribution in [0.15, 0.2) is 23.0 Å². The van der Waals surface area contributed by atoms with Crippen molar-refractivity contribution in [3.05, 3.63) is 34.2 Å². The van der Waals surface area contributed by atoms with Crippen LogP contribution >= 0.6 is 0 Å². The summed E-state index contributed by atoms with van der Waals surface area (Å²) in [6.07, 6.45) is 0.389. The van der Waals surface area contributed by atoms with Gasteiger partial charge in [0, 0.05) is 5.56 Å². The highest BCUT2D eigenvalue weighted by atomic mass is 32.2. The molecule has 1 aliphatic rings. The highest BCUT2D eigenvalue weighted by molar-refractivity contribution is 7.91. The van der Waals surface area contributed by atoms with Gasteiger partial charge in [0.25, 0.3) is 0 Å². The lowest BCUT2D eigenvalue weighted by Crippen LogP contribution is -2.38. The number of carbonyl (C=O) groups is 1. The second kappa shape index (κ2) is 4.20. The lowest BCUT2D eigenvalue weighted by molar-refractivity contribution is 0.100. The van der Waals surface area contributed by atoms with Crippen LogP contribution in [0.2, 0.25) is 0 Å². The highest BCUT2D eigenvalue weighted by Crippen LogP contribution is 2.32. The number of rotatable bonds is 2. The quantitative estimate of drug-likeness (QED) is 0.810. The topological polar surface area (TPSA) is 115 Å². The van der Waals surface area contributed by atoms with Crippen LogP contribution in [0.25, 0.3) is 11.0 Å². The van der Waals surface area contributed by atoms with Crippen molar-refractivity contribution in [2.75, 3.05) is 11.5 Å². The van der Waals surface area contributed by atoms with E-state index in [-0.39, 0.29) is 17.2 Å². The molecule has 0 bridgehead atoms. The van der Waals surface area contributed by atoms with Crippen LogP contribution in [-0.4, -0.2) is 35.4 Å². The van der Waals surface area contributed by atoms with E-state index in [0.717, 1.165) is 0 Å². The van der Waals surface area contributed by atoms with Gasteiger partial charge in [-0.15, -0.1) is 0 Å². The van der Waals surface area contributed by atoms with Gasteiger partial charge < -0.3 is 10.7 Å². The van der Waals surface area contributed by atoms with Crippen LogP contribution in [0.1, 0.15) is 23.7 Å². The van der Waals surface area contributed by atoms with Crippen molar-refractivity contribution in [2.45, 2.75) is 18.9 Å². The van der Waals surface area contributed by atoms with Crippen molar-refractivity contribution in [3.8, 4) is 0 Å². The van der Waals surface area contributed by atoms with Gasteiger partial charge in [0.2, 0.25) is 5.91 Å². The van der Waals surface area contributed by atoms with Crippen molar-refractivity contribution in [2.24, 2.45) is 5.73 Å². The first-order valence-corrected chi connectivity index (χ1v) is 8.29. The van der Waals surface area contributed by atoms with Gasteiger partial charge >= 0.3 is 5.69 Å². The zero-order valence-electron chi connectivity index (χ0n) is 11.4. The van der Waals surface area contributed by atoms with Gasteiger partial charge in [0.1, 0.15) is 0 Å². The SMILES string of the molecule is CC1(n2c(=O)[nH]c3cc(C(N)=O)ccc32)CCS(=O)(=O)C1. The van der Waals surface area contributed by atoms with Gasteiger partial charge in [0.15, 0.2) is 9.84 Å². The predicted molar refractivity (Wildman–Crippen MR) is 78.0 cm³/mol. The summed E-state index contributed by atoms with van der Waals surface area (Å²) in [7, 11) is -3.13. The van der Waals surface area contributed by atoms with Crippen LogP contribution in [-0.2, 0) is 15.4 Å². The van der Waals surface area contributed by atoms with Crippen molar-refractivity contribution in [1.29, 1.82) is 0 Å². The number of carbonyl (C=O) groups excluding carboxylic acids is 1. The minimum Gasteiger partial charge on any atom is -0.366 e. The molecule has 112 valence electrons. The van der Waals surface area contributed by atoms with Crippen LogP contribution in [0.5, 0.6) is 0 Å². The number of benzene rings is 1. The number of primary amides is 1. The second-order valence-electron chi connectivity index (χ2n) is 5.70. The predicted octanol–water partition coefficient (Wildman–Crippen LogP) is -0.0378. The Morgan fingerprint density at radius 3 is 2.71 bits per heavy atom. The number of H-pyrrole nitrogens is 1. The summed E-state index contributed by atoms with van der Waals surface area (Å²) in [6.45, 7) is 1.76. The number of fused-ring (bicyclic) bond motifs is 1. The number of sulfone groups is 1. The molecule has 0 radical (unpaired) electrons. The summed E-state index contributed by atoms with van der Waals surface area (Å²) < 4.78 is 25.0. The molecular formula is C13H15N3O4S. The number of hydrogen-bond acceptors (Lipinski definition) is 4. The van der Waals surface area contributed by atoms with E-state index in [1.165, 1.54) is 16.7 Å². The minimum atomic E-state index is -3.13. The molecule has 1 aliphatic heterocycles. The van der Waals surface area contributed by atoms with Crippen LogP contribution < -0.4 is 11.4 Å². The van der Waals surface area contributed by atoms with Gasteiger partial charge in [-0.1, -0.05) is 0 Å². The zero-order valence-corrected chi connectivity index (χ0v) is 12.2. The summed E-state index contributed by atoms with van der Waals surface area (Å²) in [5.41, 5.74) is 5.40. The lowest BCUT2D eigenvalue weighted by Gasteiger charge is -2.24. The van der Waals surface area contributed by atoms with Crippen molar-refractivity contribution in [1.82, 2.24) is 9.55 Å². The fraction of sp³-hybridized carbons (Fsp3) is 0.385. The maximum atomic E-state index is 12.2.